The Balaban J connectivity index is 2.11. The third-order valence-electron chi connectivity index (χ3n) is 2.44. The summed E-state index contributed by atoms with van der Waals surface area (Å²) in [4.78, 5) is 10.7. The van der Waals surface area contributed by atoms with Gasteiger partial charge in [0.05, 0.1) is 9.95 Å². The fourth-order valence-electron chi connectivity index (χ4n) is 1.51. The summed E-state index contributed by atoms with van der Waals surface area (Å²) in [5, 5.41) is 11.1. The zero-order valence-electron chi connectivity index (χ0n) is 9.68. The molecule has 0 amide bonds. The molecule has 19 heavy (non-hydrogen) atoms. The Morgan fingerprint density at radius 2 is 2.00 bits per heavy atom. The van der Waals surface area contributed by atoms with Crippen molar-refractivity contribution in [3.63, 3.8) is 0 Å². The molecule has 0 spiro atoms. The van der Waals surface area contributed by atoms with Gasteiger partial charge in [0.25, 0.3) is 0 Å². The quantitative estimate of drug-likeness (QED) is 0.467. The second-order valence-electron chi connectivity index (χ2n) is 3.76. The van der Waals surface area contributed by atoms with Crippen molar-refractivity contribution in [1.82, 2.24) is 0 Å². The van der Waals surface area contributed by atoms with Gasteiger partial charge in [-0.15, -0.1) is 11.8 Å². The lowest BCUT2D eigenvalue weighted by atomic mass is 10.2. The van der Waals surface area contributed by atoms with Gasteiger partial charge < -0.3 is 0 Å². The van der Waals surface area contributed by atoms with Gasteiger partial charge in [0.2, 0.25) is 5.82 Å². The SMILES string of the molecule is O=[N+]([O-])c1ccc(CSc2ccccc2Cl)cc1F. The van der Waals surface area contributed by atoms with Crippen LogP contribution >= 0.6 is 23.4 Å². The normalized spacial score (nSPS) is 10.4. The van der Waals surface area contributed by atoms with Crippen molar-refractivity contribution < 1.29 is 9.31 Å². The maximum atomic E-state index is 13.4. The first kappa shape index (κ1) is 13.8. The van der Waals surface area contributed by atoms with Crippen LogP contribution in [0.1, 0.15) is 5.56 Å². The van der Waals surface area contributed by atoms with Gasteiger partial charge in [0.15, 0.2) is 0 Å². The van der Waals surface area contributed by atoms with E-state index in [1.54, 1.807) is 12.1 Å². The van der Waals surface area contributed by atoms with Gasteiger partial charge in [-0.2, -0.15) is 4.39 Å². The molecule has 6 heteroatoms. The molecule has 0 heterocycles. The van der Waals surface area contributed by atoms with Crippen LogP contribution in [0.5, 0.6) is 0 Å². The second-order valence-corrected chi connectivity index (χ2v) is 5.19. The summed E-state index contributed by atoms with van der Waals surface area (Å²) in [5.41, 5.74) is 0.166. The van der Waals surface area contributed by atoms with E-state index < -0.39 is 16.4 Å². The molecular formula is C13H9ClFNO2S. The minimum Gasteiger partial charge on any atom is -0.258 e. The molecule has 0 unspecified atom stereocenters. The van der Waals surface area contributed by atoms with Crippen LogP contribution < -0.4 is 0 Å². The number of benzene rings is 2. The molecule has 0 aromatic heterocycles. The smallest absolute Gasteiger partial charge is 0.258 e. The Kier molecular flexibility index (Phi) is 4.39. The van der Waals surface area contributed by atoms with E-state index in [1.165, 1.54) is 23.9 Å². The Bertz CT molecular complexity index is 621. The summed E-state index contributed by atoms with van der Waals surface area (Å²) in [5.74, 6) is -0.319. The highest BCUT2D eigenvalue weighted by molar-refractivity contribution is 7.98. The van der Waals surface area contributed by atoms with Gasteiger partial charge in [-0.25, -0.2) is 0 Å². The third kappa shape index (κ3) is 3.45. The van der Waals surface area contributed by atoms with Crippen LogP contribution in [0.3, 0.4) is 0 Å². The minimum absolute atomic E-state index is 0.499. The average molecular weight is 298 g/mol. The van der Waals surface area contributed by atoms with Crippen molar-refractivity contribution in [2.45, 2.75) is 10.6 Å². The van der Waals surface area contributed by atoms with E-state index in [2.05, 4.69) is 0 Å². The Morgan fingerprint density at radius 1 is 1.26 bits per heavy atom. The Hall–Kier alpha value is -1.59. The van der Waals surface area contributed by atoms with E-state index in [-0.39, 0.29) is 0 Å². The molecule has 0 aliphatic heterocycles. The van der Waals surface area contributed by atoms with E-state index in [4.69, 9.17) is 11.6 Å². The number of nitro benzene ring substituents is 1. The first-order chi connectivity index (χ1) is 9.08. The molecule has 2 aromatic carbocycles. The van der Waals surface area contributed by atoms with E-state index in [9.17, 15) is 14.5 Å². The summed E-state index contributed by atoms with van der Waals surface area (Å²) >= 11 is 7.46. The predicted octanol–water partition coefficient (Wildman–Crippen LogP) is 4.68. The lowest BCUT2D eigenvalue weighted by molar-refractivity contribution is -0.387. The molecule has 0 aliphatic carbocycles. The van der Waals surface area contributed by atoms with Crippen molar-refractivity contribution in [2.75, 3.05) is 0 Å². The Labute approximate surface area is 118 Å². The molecule has 0 atom stereocenters. The molecular weight excluding hydrogens is 289 g/mol. The van der Waals surface area contributed by atoms with Crippen LogP contribution in [0.15, 0.2) is 47.4 Å². The minimum atomic E-state index is -0.817. The fraction of sp³-hybridized carbons (Fsp3) is 0.0769. The molecule has 0 radical (unpaired) electrons. The largest absolute Gasteiger partial charge is 0.304 e. The van der Waals surface area contributed by atoms with Crippen LogP contribution in [0.2, 0.25) is 5.02 Å². The van der Waals surface area contributed by atoms with Crippen LogP contribution in [0.25, 0.3) is 0 Å². The van der Waals surface area contributed by atoms with E-state index in [0.29, 0.717) is 16.3 Å². The van der Waals surface area contributed by atoms with Crippen LogP contribution in [0, 0.1) is 15.9 Å². The van der Waals surface area contributed by atoms with Gasteiger partial charge in [-0.05, 0) is 23.8 Å². The fourth-order valence-corrected chi connectivity index (χ4v) is 2.69. The monoisotopic (exact) mass is 297 g/mol. The number of hydrogen-bond acceptors (Lipinski definition) is 3. The molecule has 2 rings (SSSR count). The number of thioether (sulfide) groups is 1. The molecule has 98 valence electrons. The third-order valence-corrected chi connectivity index (χ3v) is 4.03. The van der Waals surface area contributed by atoms with E-state index >= 15 is 0 Å². The average Bonchev–Trinajstić information content (AvgIpc) is 2.37. The number of hydrogen-bond donors (Lipinski definition) is 0. The molecule has 2 aromatic rings. The highest BCUT2D eigenvalue weighted by Crippen LogP contribution is 2.30. The Morgan fingerprint density at radius 3 is 2.63 bits per heavy atom. The van der Waals surface area contributed by atoms with Crippen LogP contribution in [-0.4, -0.2) is 4.92 Å². The maximum Gasteiger partial charge on any atom is 0.304 e. The molecule has 3 nitrogen and oxygen atoms in total. The first-order valence-electron chi connectivity index (χ1n) is 5.38. The number of halogens is 2. The standard InChI is InChI=1S/C13H9ClFNO2S/c14-10-3-1-2-4-13(10)19-8-9-5-6-12(16(17)18)11(15)7-9/h1-7H,8H2. The van der Waals surface area contributed by atoms with Gasteiger partial charge in [-0.3, -0.25) is 10.1 Å². The number of nitrogens with zero attached hydrogens (tertiary/aromatic N) is 1. The highest BCUT2D eigenvalue weighted by atomic mass is 35.5. The summed E-state index contributed by atoms with van der Waals surface area (Å²) in [6, 6.07) is 11.3. The van der Waals surface area contributed by atoms with Gasteiger partial charge >= 0.3 is 5.69 Å². The highest BCUT2D eigenvalue weighted by Gasteiger charge is 2.13. The summed E-state index contributed by atoms with van der Waals surface area (Å²) in [7, 11) is 0. The zero-order chi connectivity index (χ0) is 13.8. The van der Waals surface area contributed by atoms with Crippen molar-refractivity contribution in [3.8, 4) is 0 Å². The zero-order valence-corrected chi connectivity index (χ0v) is 11.2. The van der Waals surface area contributed by atoms with Gasteiger partial charge in [-0.1, -0.05) is 29.8 Å². The van der Waals surface area contributed by atoms with Gasteiger partial charge in [0, 0.05) is 16.7 Å². The molecule has 0 aliphatic rings. The molecule has 0 N–H and O–H groups in total. The summed E-state index contributed by atoms with van der Waals surface area (Å²) in [6.45, 7) is 0. The topological polar surface area (TPSA) is 43.1 Å². The number of nitro groups is 1. The van der Waals surface area contributed by atoms with Crippen molar-refractivity contribution >= 4 is 29.1 Å². The van der Waals surface area contributed by atoms with E-state index in [1.807, 2.05) is 18.2 Å². The number of rotatable bonds is 4. The summed E-state index contributed by atoms with van der Waals surface area (Å²) < 4.78 is 13.4. The molecule has 0 saturated carbocycles. The predicted molar refractivity (Wildman–Crippen MR) is 74.1 cm³/mol. The lowest BCUT2D eigenvalue weighted by Crippen LogP contribution is -1.93. The molecule has 0 saturated heterocycles. The van der Waals surface area contributed by atoms with Crippen molar-refractivity contribution in [2.24, 2.45) is 0 Å². The van der Waals surface area contributed by atoms with Crippen LogP contribution in [-0.2, 0) is 5.75 Å². The molecule has 0 fully saturated rings. The van der Waals surface area contributed by atoms with Crippen LogP contribution in [0.4, 0.5) is 10.1 Å². The van der Waals surface area contributed by atoms with E-state index in [0.717, 1.165) is 4.90 Å². The van der Waals surface area contributed by atoms with Gasteiger partial charge in [0.1, 0.15) is 0 Å². The lowest BCUT2D eigenvalue weighted by Gasteiger charge is -2.04. The van der Waals surface area contributed by atoms with Crippen molar-refractivity contribution in [3.05, 3.63) is 69.0 Å². The first-order valence-corrected chi connectivity index (χ1v) is 6.74. The second kappa shape index (κ2) is 6.04. The molecule has 0 bridgehead atoms. The summed E-state index contributed by atoms with van der Waals surface area (Å²) in [6.07, 6.45) is 0. The van der Waals surface area contributed by atoms with Crippen molar-refractivity contribution in [1.29, 1.82) is 0 Å². The maximum absolute atomic E-state index is 13.4.